The first-order valence-electron chi connectivity index (χ1n) is 10.8. The first-order chi connectivity index (χ1) is 15.7. The second kappa shape index (κ2) is 8.60. The number of morpholine rings is 1. The normalized spacial score (nSPS) is 15.3. The SMILES string of the molecule is CCn1c(C(C)O)nc2c(N3CCOCC3)nc(-c3cccc(-c4cccnn4)c3)nc21. The van der Waals surface area contributed by atoms with Crippen LogP contribution in [0.15, 0.2) is 42.6 Å². The Bertz CT molecular complexity index is 1230. The fourth-order valence-electron chi connectivity index (χ4n) is 4.03. The smallest absolute Gasteiger partial charge is 0.166 e. The fourth-order valence-corrected chi connectivity index (χ4v) is 4.03. The highest BCUT2D eigenvalue weighted by molar-refractivity contribution is 5.86. The average Bonchev–Trinajstić information content (AvgIpc) is 3.23. The topological polar surface area (TPSA) is 102 Å². The van der Waals surface area contributed by atoms with Crippen LogP contribution in [-0.4, -0.2) is 61.1 Å². The van der Waals surface area contributed by atoms with Crippen molar-refractivity contribution in [3.63, 3.8) is 0 Å². The van der Waals surface area contributed by atoms with Gasteiger partial charge in [-0.1, -0.05) is 18.2 Å². The molecule has 164 valence electrons. The van der Waals surface area contributed by atoms with Gasteiger partial charge in [0.15, 0.2) is 22.8 Å². The van der Waals surface area contributed by atoms with Gasteiger partial charge in [-0.15, -0.1) is 0 Å². The van der Waals surface area contributed by atoms with Crippen LogP contribution < -0.4 is 4.90 Å². The van der Waals surface area contributed by atoms with Crippen LogP contribution in [0.2, 0.25) is 0 Å². The molecular formula is C23H25N7O2. The van der Waals surface area contributed by atoms with E-state index in [1.165, 1.54) is 0 Å². The number of anilines is 1. The second-order valence-electron chi connectivity index (χ2n) is 7.72. The monoisotopic (exact) mass is 431 g/mol. The average molecular weight is 432 g/mol. The number of rotatable bonds is 5. The lowest BCUT2D eigenvalue weighted by Crippen LogP contribution is -2.37. The summed E-state index contributed by atoms with van der Waals surface area (Å²) in [5, 5.41) is 18.5. The summed E-state index contributed by atoms with van der Waals surface area (Å²) in [4.78, 5) is 16.8. The summed E-state index contributed by atoms with van der Waals surface area (Å²) in [5.41, 5.74) is 4.05. The fraction of sp³-hybridized carbons (Fsp3) is 0.348. The maximum Gasteiger partial charge on any atom is 0.166 e. The molecule has 1 aliphatic heterocycles. The summed E-state index contributed by atoms with van der Waals surface area (Å²) in [6, 6.07) is 11.8. The number of aliphatic hydroxyl groups excluding tert-OH is 1. The minimum Gasteiger partial charge on any atom is -0.385 e. The molecule has 1 unspecified atom stereocenters. The Morgan fingerprint density at radius 3 is 2.59 bits per heavy atom. The van der Waals surface area contributed by atoms with Crippen molar-refractivity contribution < 1.29 is 9.84 Å². The second-order valence-corrected chi connectivity index (χ2v) is 7.72. The number of imidazole rings is 1. The third kappa shape index (κ3) is 3.69. The lowest BCUT2D eigenvalue weighted by Gasteiger charge is -2.28. The number of aliphatic hydroxyl groups is 1. The van der Waals surface area contributed by atoms with E-state index in [1.807, 2.05) is 47.9 Å². The number of ether oxygens (including phenoxy) is 1. The van der Waals surface area contributed by atoms with E-state index in [-0.39, 0.29) is 0 Å². The van der Waals surface area contributed by atoms with Gasteiger partial charge in [0.25, 0.3) is 0 Å². The number of aryl methyl sites for hydroxylation is 1. The van der Waals surface area contributed by atoms with Gasteiger partial charge in [-0.3, -0.25) is 0 Å². The number of hydrogen-bond donors (Lipinski definition) is 1. The van der Waals surface area contributed by atoms with Gasteiger partial charge in [0.05, 0.1) is 18.9 Å². The van der Waals surface area contributed by atoms with E-state index in [0.717, 1.165) is 41.4 Å². The Kier molecular flexibility index (Phi) is 5.50. The molecule has 0 spiro atoms. The summed E-state index contributed by atoms with van der Waals surface area (Å²) < 4.78 is 7.50. The number of hydrogen-bond acceptors (Lipinski definition) is 8. The van der Waals surface area contributed by atoms with Crippen molar-refractivity contribution in [3.8, 4) is 22.6 Å². The van der Waals surface area contributed by atoms with E-state index < -0.39 is 6.10 Å². The maximum atomic E-state index is 10.3. The van der Waals surface area contributed by atoms with E-state index in [1.54, 1.807) is 13.1 Å². The van der Waals surface area contributed by atoms with Crippen LogP contribution in [-0.2, 0) is 11.3 Å². The standard InChI is InChI=1S/C23H25N7O2/c1-3-30-21(15(2)31)25-19-22(29-10-12-32-13-11-29)26-20(27-23(19)30)17-7-4-6-16(14-17)18-8-5-9-24-28-18/h4-9,14-15,31H,3,10-13H2,1-2H3. The zero-order chi connectivity index (χ0) is 22.1. The molecule has 9 heteroatoms. The van der Waals surface area contributed by atoms with Crippen molar-refractivity contribution in [2.24, 2.45) is 0 Å². The molecule has 4 aromatic rings. The molecule has 1 atom stereocenters. The quantitative estimate of drug-likeness (QED) is 0.515. The molecular weight excluding hydrogens is 406 g/mol. The third-order valence-electron chi connectivity index (χ3n) is 5.60. The number of fused-ring (bicyclic) bond motifs is 1. The van der Waals surface area contributed by atoms with Crippen molar-refractivity contribution in [2.75, 3.05) is 31.2 Å². The van der Waals surface area contributed by atoms with E-state index in [9.17, 15) is 5.11 Å². The minimum absolute atomic E-state index is 0.594. The molecule has 3 aromatic heterocycles. The molecule has 9 nitrogen and oxygen atoms in total. The molecule has 0 radical (unpaired) electrons. The highest BCUT2D eigenvalue weighted by Gasteiger charge is 2.24. The van der Waals surface area contributed by atoms with Gasteiger partial charge in [-0.25, -0.2) is 15.0 Å². The van der Waals surface area contributed by atoms with E-state index in [2.05, 4.69) is 15.1 Å². The van der Waals surface area contributed by atoms with Gasteiger partial charge in [0.2, 0.25) is 0 Å². The van der Waals surface area contributed by atoms with Crippen LogP contribution in [0.3, 0.4) is 0 Å². The highest BCUT2D eigenvalue weighted by Crippen LogP contribution is 2.31. The number of aromatic nitrogens is 6. The summed E-state index contributed by atoms with van der Waals surface area (Å²) in [6.45, 7) is 7.14. The van der Waals surface area contributed by atoms with Crippen LogP contribution in [0.4, 0.5) is 5.82 Å². The number of benzene rings is 1. The molecule has 32 heavy (non-hydrogen) atoms. The van der Waals surface area contributed by atoms with Crippen molar-refractivity contribution in [1.29, 1.82) is 0 Å². The Balaban J connectivity index is 1.70. The molecule has 5 rings (SSSR count). The van der Waals surface area contributed by atoms with Crippen LogP contribution in [0.1, 0.15) is 25.8 Å². The molecule has 0 bridgehead atoms. The Labute approximate surface area is 185 Å². The summed E-state index contributed by atoms with van der Waals surface area (Å²) in [5.74, 6) is 1.97. The minimum atomic E-state index is -0.704. The third-order valence-corrected chi connectivity index (χ3v) is 5.60. The molecule has 1 aliphatic rings. The predicted molar refractivity (Wildman–Crippen MR) is 121 cm³/mol. The van der Waals surface area contributed by atoms with E-state index in [0.29, 0.717) is 36.9 Å². The Morgan fingerprint density at radius 2 is 1.88 bits per heavy atom. The Morgan fingerprint density at radius 1 is 1.06 bits per heavy atom. The molecule has 0 saturated carbocycles. The molecule has 1 fully saturated rings. The Hall–Kier alpha value is -3.43. The largest absolute Gasteiger partial charge is 0.385 e. The molecule has 1 N–H and O–H groups in total. The summed E-state index contributed by atoms with van der Waals surface area (Å²) in [7, 11) is 0. The zero-order valence-corrected chi connectivity index (χ0v) is 18.1. The first kappa shape index (κ1) is 20.5. The highest BCUT2D eigenvalue weighted by atomic mass is 16.5. The summed E-state index contributed by atoms with van der Waals surface area (Å²) >= 11 is 0. The predicted octanol–water partition coefficient (Wildman–Crippen LogP) is 2.86. The van der Waals surface area contributed by atoms with Crippen molar-refractivity contribution in [1.82, 2.24) is 29.7 Å². The van der Waals surface area contributed by atoms with Crippen molar-refractivity contribution in [3.05, 3.63) is 48.4 Å². The van der Waals surface area contributed by atoms with Gasteiger partial charge in [-0.2, -0.15) is 10.2 Å². The molecule has 0 aliphatic carbocycles. The van der Waals surface area contributed by atoms with Gasteiger partial charge in [-0.05, 0) is 32.0 Å². The molecule has 4 heterocycles. The lowest BCUT2D eigenvalue weighted by molar-refractivity contribution is 0.122. The van der Waals surface area contributed by atoms with E-state index >= 15 is 0 Å². The first-order valence-corrected chi connectivity index (χ1v) is 10.8. The maximum absolute atomic E-state index is 10.3. The van der Waals surface area contributed by atoms with Gasteiger partial charge in [0.1, 0.15) is 11.9 Å². The van der Waals surface area contributed by atoms with Gasteiger partial charge in [0, 0.05) is 37.0 Å². The molecule has 0 amide bonds. The van der Waals surface area contributed by atoms with Crippen molar-refractivity contribution >= 4 is 17.0 Å². The molecule has 1 saturated heterocycles. The van der Waals surface area contributed by atoms with E-state index in [4.69, 9.17) is 19.7 Å². The molecule has 1 aromatic carbocycles. The van der Waals surface area contributed by atoms with Crippen LogP contribution >= 0.6 is 0 Å². The summed E-state index contributed by atoms with van der Waals surface area (Å²) in [6.07, 6.45) is 0.954. The van der Waals surface area contributed by atoms with Crippen LogP contribution in [0.25, 0.3) is 33.8 Å². The van der Waals surface area contributed by atoms with Gasteiger partial charge < -0.3 is 19.3 Å². The zero-order valence-electron chi connectivity index (χ0n) is 18.1. The lowest BCUT2D eigenvalue weighted by atomic mass is 10.1. The van der Waals surface area contributed by atoms with Crippen molar-refractivity contribution in [2.45, 2.75) is 26.5 Å². The van der Waals surface area contributed by atoms with Crippen LogP contribution in [0, 0.1) is 0 Å². The van der Waals surface area contributed by atoms with Crippen LogP contribution in [0.5, 0.6) is 0 Å². The number of nitrogens with zero attached hydrogens (tertiary/aromatic N) is 7. The van der Waals surface area contributed by atoms with Gasteiger partial charge >= 0.3 is 0 Å².